The van der Waals surface area contributed by atoms with Crippen LogP contribution in [0, 0.1) is 0 Å². The van der Waals surface area contributed by atoms with Crippen LogP contribution in [0.25, 0.3) is 0 Å². The first-order valence-corrected chi connectivity index (χ1v) is 7.79. The normalized spacial score (nSPS) is 19.8. The van der Waals surface area contributed by atoms with Crippen LogP contribution in [0.3, 0.4) is 0 Å². The van der Waals surface area contributed by atoms with E-state index in [0.717, 1.165) is 16.7 Å². The molecule has 0 fully saturated rings. The van der Waals surface area contributed by atoms with Gasteiger partial charge in [-0.25, -0.2) is 0 Å². The third kappa shape index (κ3) is 3.12. The van der Waals surface area contributed by atoms with E-state index >= 15 is 0 Å². The molecule has 114 valence electrons. The van der Waals surface area contributed by atoms with Crippen molar-refractivity contribution in [3.63, 3.8) is 0 Å². The second kappa shape index (κ2) is 6.29. The highest BCUT2D eigenvalue weighted by Crippen LogP contribution is 2.31. The lowest BCUT2D eigenvalue weighted by Gasteiger charge is -2.18. The molecule has 0 bridgehead atoms. The predicted octanol–water partition coefficient (Wildman–Crippen LogP) is 3.31. The molecule has 0 radical (unpaired) electrons. The standard InChI is InChI=1S/C17H15Cl2NO2/c18-13-6-5-10(7-14(13)19)8-16(22)20-17-12-4-2-1-3-11(12)9-15(17)21/h1-7,15,17,21H,8-9H2,(H,20,22)/t15-,17+/m1/s1. The summed E-state index contributed by atoms with van der Waals surface area (Å²) in [6.07, 6.45) is 0.172. The topological polar surface area (TPSA) is 49.3 Å². The molecule has 1 aliphatic rings. The monoisotopic (exact) mass is 335 g/mol. The Labute approximate surface area is 138 Å². The molecule has 0 aliphatic heterocycles. The van der Waals surface area contributed by atoms with E-state index in [-0.39, 0.29) is 18.4 Å². The lowest BCUT2D eigenvalue weighted by atomic mass is 10.1. The van der Waals surface area contributed by atoms with Crippen molar-refractivity contribution in [2.45, 2.75) is 25.0 Å². The molecule has 22 heavy (non-hydrogen) atoms. The van der Waals surface area contributed by atoms with Crippen LogP contribution in [0.5, 0.6) is 0 Å². The van der Waals surface area contributed by atoms with Crippen molar-refractivity contribution in [2.75, 3.05) is 0 Å². The maximum absolute atomic E-state index is 12.2. The number of amides is 1. The zero-order valence-corrected chi connectivity index (χ0v) is 13.2. The second-order valence-electron chi connectivity index (χ2n) is 5.44. The number of hydrogen-bond acceptors (Lipinski definition) is 2. The smallest absolute Gasteiger partial charge is 0.224 e. The summed E-state index contributed by atoms with van der Waals surface area (Å²) >= 11 is 11.8. The maximum Gasteiger partial charge on any atom is 0.224 e. The van der Waals surface area contributed by atoms with Gasteiger partial charge in [-0.2, -0.15) is 0 Å². The number of fused-ring (bicyclic) bond motifs is 1. The van der Waals surface area contributed by atoms with Gasteiger partial charge in [0, 0.05) is 6.42 Å². The third-order valence-electron chi connectivity index (χ3n) is 3.87. The Bertz CT molecular complexity index is 718. The summed E-state index contributed by atoms with van der Waals surface area (Å²) in [5.41, 5.74) is 2.85. The van der Waals surface area contributed by atoms with Crippen LogP contribution in [0.15, 0.2) is 42.5 Å². The van der Waals surface area contributed by atoms with Crippen molar-refractivity contribution in [3.8, 4) is 0 Å². The van der Waals surface area contributed by atoms with Gasteiger partial charge in [-0.15, -0.1) is 0 Å². The number of aliphatic hydroxyl groups is 1. The fourth-order valence-corrected chi connectivity index (χ4v) is 3.13. The van der Waals surface area contributed by atoms with Crippen molar-refractivity contribution < 1.29 is 9.90 Å². The summed E-state index contributed by atoms with van der Waals surface area (Å²) in [5, 5.41) is 13.9. The van der Waals surface area contributed by atoms with Crippen LogP contribution in [0.1, 0.15) is 22.7 Å². The van der Waals surface area contributed by atoms with E-state index in [1.807, 2.05) is 24.3 Å². The van der Waals surface area contributed by atoms with Crippen LogP contribution in [0.2, 0.25) is 10.0 Å². The number of hydrogen-bond donors (Lipinski definition) is 2. The fraction of sp³-hybridized carbons (Fsp3) is 0.235. The largest absolute Gasteiger partial charge is 0.390 e. The number of aliphatic hydroxyl groups excluding tert-OH is 1. The van der Waals surface area contributed by atoms with Gasteiger partial charge in [-0.05, 0) is 28.8 Å². The molecule has 2 N–H and O–H groups in total. The Kier molecular flexibility index (Phi) is 4.39. The van der Waals surface area contributed by atoms with Crippen molar-refractivity contribution in [3.05, 3.63) is 69.2 Å². The number of halogens is 2. The first-order chi connectivity index (χ1) is 10.5. The van der Waals surface area contributed by atoms with E-state index in [4.69, 9.17) is 23.2 Å². The molecule has 1 aliphatic carbocycles. The minimum atomic E-state index is -0.588. The predicted molar refractivity (Wildman–Crippen MR) is 87.2 cm³/mol. The average Bonchev–Trinajstić information content (AvgIpc) is 2.79. The second-order valence-corrected chi connectivity index (χ2v) is 6.26. The Hall–Kier alpha value is -1.55. The molecular weight excluding hydrogens is 321 g/mol. The lowest BCUT2D eigenvalue weighted by Crippen LogP contribution is -2.34. The van der Waals surface area contributed by atoms with E-state index in [1.165, 1.54) is 0 Å². The highest BCUT2D eigenvalue weighted by molar-refractivity contribution is 6.42. The van der Waals surface area contributed by atoms with Crippen molar-refractivity contribution in [1.29, 1.82) is 0 Å². The first-order valence-electron chi connectivity index (χ1n) is 7.04. The van der Waals surface area contributed by atoms with E-state index in [1.54, 1.807) is 18.2 Å². The molecule has 5 heteroatoms. The number of rotatable bonds is 3. The molecule has 2 atom stereocenters. The summed E-state index contributed by atoms with van der Waals surface area (Å²) in [6.45, 7) is 0. The maximum atomic E-state index is 12.2. The molecular formula is C17H15Cl2NO2. The average molecular weight is 336 g/mol. The molecule has 0 unspecified atom stereocenters. The van der Waals surface area contributed by atoms with E-state index < -0.39 is 6.10 Å². The summed E-state index contributed by atoms with van der Waals surface area (Å²) in [6, 6.07) is 12.5. The summed E-state index contributed by atoms with van der Waals surface area (Å²) in [4.78, 5) is 12.2. The van der Waals surface area contributed by atoms with Gasteiger partial charge in [0.25, 0.3) is 0 Å². The Morgan fingerprint density at radius 3 is 2.73 bits per heavy atom. The zero-order valence-electron chi connectivity index (χ0n) is 11.7. The number of nitrogens with one attached hydrogen (secondary N) is 1. The molecule has 3 rings (SSSR count). The van der Waals surface area contributed by atoms with Crippen LogP contribution in [0.4, 0.5) is 0 Å². The Balaban J connectivity index is 1.70. The lowest BCUT2D eigenvalue weighted by molar-refractivity contribution is -0.121. The third-order valence-corrected chi connectivity index (χ3v) is 4.61. The van der Waals surface area contributed by atoms with Crippen molar-refractivity contribution >= 4 is 29.1 Å². The SMILES string of the molecule is O=C(Cc1ccc(Cl)c(Cl)c1)N[C@H]1c2ccccc2C[C@H]1O. The van der Waals surface area contributed by atoms with E-state index in [9.17, 15) is 9.90 Å². The fourth-order valence-electron chi connectivity index (χ4n) is 2.81. The molecule has 2 aromatic rings. The van der Waals surface area contributed by atoms with Gasteiger partial charge in [-0.1, -0.05) is 53.5 Å². The molecule has 0 heterocycles. The zero-order chi connectivity index (χ0) is 15.7. The Morgan fingerprint density at radius 1 is 1.18 bits per heavy atom. The molecule has 0 spiro atoms. The van der Waals surface area contributed by atoms with E-state index in [0.29, 0.717) is 16.5 Å². The summed E-state index contributed by atoms with van der Waals surface area (Å²) < 4.78 is 0. The van der Waals surface area contributed by atoms with Crippen molar-refractivity contribution in [1.82, 2.24) is 5.32 Å². The quantitative estimate of drug-likeness (QED) is 0.903. The number of carbonyl (C=O) groups is 1. The minimum Gasteiger partial charge on any atom is -0.390 e. The van der Waals surface area contributed by atoms with Crippen LogP contribution in [-0.4, -0.2) is 17.1 Å². The van der Waals surface area contributed by atoms with Crippen molar-refractivity contribution in [2.24, 2.45) is 0 Å². The van der Waals surface area contributed by atoms with Gasteiger partial charge >= 0.3 is 0 Å². The molecule has 2 aromatic carbocycles. The van der Waals surface area contributed by atoms with Gasteiger partial charge in [0.15, 0.2) is 0 Å². The van der Waals surface area contributed by atoms with Gasteiger partial charge in [0.2, 0.25) is 5.91 Å². The van der Waals surface area contributed by atoms with Crippen LogP contribution >= 0.6 is 23.2 Å². The highest BCUT2D eigenvalue weighted by atomic mass is 35.5. The number of carbonyl (C=O) groups excluding carboxylic acids is 1. The minimum absolute atomic E-state index is 0.154. The first kappa shape index (κ1) is 15.3. The summed E-state index contributed by atoms with van der Waals surface area (Å²) in [5.74, 6) is -0.154. The number of benzene rings is 2. The molecule has 1 amide bonds. The van der Waals surface area contributed by atoms with Gasteiger partial charge < -0.3 is 10.4 Å². The molecule has 0 aromatic heterocycles. The summed E-state index contributed by atoms with van der Waals surface area (Å²) in [7, 11) is 0. The molecule has 0 saturated carbocycles. The molecule has 0 saturated heterocycles. The van der Waals surface area contributed by atoms with Crippen LogP contribution in [-0.2, 0) is 17.6 Å². The Morgan fingerprint density at radius 2 is 1.95 bits per heavy atom. The van der Waals surface area contributed by atoms with Gasteiger partial charge in [0.05, 0.1) is 28.6 Å². The highest BCUT2D eigenvalue weighted by Gasteiger charge is 2.31. The van der Waals surface area contributed by atoms with Gasteiger partial charge in [0.1, 0.15) is 0 Å². The molecule has 3 nitrogen and oxygen atoms in total. The van der Waals surface area contributed by atoms with Gasteiger partial charge in [-0.3, -0.25) is 4.79 Å². The van der Waals surface area contributed by atoms with Crippen LogP contribution < -0.4 is 5.32 Å². The van der Waals surface area contributed by atoms with E-state index in [2.05, 4.69) is 5.32 Å².